The van der Waals surface area contributed by atoms with Gasteiger partial charge in [0.25, 0.3) is 0 Å². The van der Waals surface area contributed by atoms with Crippen molar-refractivity contribution in [2.75, 3.05) is 20.2 Å². The molecule has 0 spiro atoms. The fraction of sp³-hybridized carbons (Fsp3) is 0.261. The van der Waals surface area contributed by atoms with Crippen LogP contribution in [0.1, 0.15) is 24.1 Å². The lowest BCUT2D eigenvalue weighted by molar-refractivity contribution is -0.0391. The van der Waals surface area contributed by atoms with Crippen LogP contribution < -0.4 is 5.32 Å². The van der Waals surface area contributed by atoms with Gasteiger partial charge in [-0.1, -0.05) is 24.3 Å². The molecule has 0 atom stereocenters. The van der Waals surface area contributed by atoms with Crippen molar-refractivity contribution in [1.29, 1.82) is 5.26 Å². The summed E-state index contributed by atoms with van der Waals surface area (Å²) in [6, 6.07) is 14.6. The highest BCUT2D eigenvalue weighted by Crippen LogP contribution is 2.35. The minimum Gasteiger partial charge on any atom is -0.373 e. The summed E-state index contributed by atoms with van der Waals surface area (Å²) in [7, 11) is 1.80. The van der Waals surface area contributed by atoms with Crippen molar-refractivity contribution >= 4 is 21.9 Å². The van der Waals surface area contributed by atoms with Crippen LogP contribution in [0, 0.1) is 11.3 Å². The van der Waals surface area contributed by atoms with Gasteiger partial charge in [-0.05, 0) is 49.2 Å². The Morgan fingerprint density at radius 2 is 1.79 bits per heavy atom. The molecule has 0 saturated carbocycles. The molecule has 0 aliphatic carbocycles. The largest absolute Gasteiger partial charge is 0.373 e. The number of nitriles is 1. The highest BCUT2D eigenvalue weighted by Gasteiger charge is 2.33. The molecule has 3 aromatic heterocycles. The van der Waals surface area contributed by atoms with Gasteiger partial charge < -0.3 is 15.0 Å². The summed E-state index contributed by atoms with van der Waals surface area (Å²) in [6.07, 6.45) is 5.51. The van der Waals surface area contributed by atoms with E-state index in [4.69, 9.17) is 10.00 Å². The third-order valence-electron chi connectivity index (χ3n) is 6.00. The first kappa shape index (κ1) is 17.8. The molecule has 0 radical (unpaired) electrons. The molecule has 1 saturated heterocycles. The van der Waals surface area contributed by atoms with Crippen LogP contribution >= 0.6 is 0 Å². The van der Waals surface area contributed by atoms with Crippen LogP contribution in [0.3, 0.4) is 0 Å². The maximum atomic E-state index is 9.16. The first-order valence-corrected chi connectivity index (χ1v) is 9.77. The van der Waals surface area contributed by atoms with Crippen molar-refractivity contribution in [3.63, 3.8) is 0 Å². The number of piperidine rings is 1. The topological polar surface area (TPSA) is 86.6 Å². The van der Waals surface area contributed by atoms with Crippen molar-refractivity contribution < 1.29 is 4.74 Å². The smallest absolute Gasteiger partial charge is 0.141 e. The zero-order valence-corrected chi connectivity index (χ0v) is 16.2. The van der Waals surface area contributed by atoms with Crippen molar-refractivity contribution in [3.8, 4) is 17.2 Å². The number of H-pyrrole nitrogens is 1. The van der Waals surface area contributed by atoms with Gasteiger partial charge in [0.05, 0.1) is 17.3 Å². The van der Waals surface area contributed by atoms with Crippen LogP contribution in [-0.4, -0.2) is 35.2 Å². The van der Waals surface area contributed by atoms with E-state index < -0.39 is 0 Å². The Morgan fingerprint density at radius 1 is 1.00 bits per heavy atom. The van der Waals surface area contributed by atoms with Gasteiger partial charge in [-0.25, -0.2) is 9.97 Å². The number of aromatic amines is 1. The third-order valence-corrected chi connectivity index (χ3v) is 6.00. The normalized spacial score (nSPS) is 16.1. The summed E-state index contributed by atoms with van der Waals surface area (Å²) in [5.74, 6) is 0. The zero-order chi connectivity index (χ0) is 19.8. The van der Waals surface area contributed by atoms with Crippen molar-refractivity contribution in [2.24, 2.45) is 0 Å². The van der Waals surface area contributed by atoms with E-state index in [9.17, 15) is 0 Å². The Morgan fingerprint density at radius 3 is 2.52 bits per heavy atom. The maximum absolute atomic E-state index is 9.16. The van der Waals surface area contributed by atoms with E-state index in [2.05, 4.69) is 56.7 Å². The second-order valence-electron chi connectivity index (χ2n) is 7.50. The van der Waals surface area contributed by atoms with E-state index in [0.29, 0.717) is 5.69 Å². The SMILES string of the molecule is COC1(c2ccc(-c3cnc4[nH]c5cnc(C#N)cc5c4c3)cc2)CCNCC1. The van der Waals surface area contributed by atoms with E-state index in [-0.39, 0.29) is 5.60 Å². The number of methoxy groups -OCH3 is 1. The number of benzene rings is 1. The maximum Gasteiger partial charge on any atom is 0.141 e. The molecular weight excluding hydrogens is 362 g/mol. The predicted octanol–water partition coefficient (Wildman–Crippen LogP) is 3.87. The highest BCUT2D eigenvalue weighted by atomic mass is 16.5. The highest BCUT2D eigenvalue weighted by molar-refractivity contribution is 6.06. The van der Waals surface area contributed by atoms with Crippen LogP contribution in [0.15, 0.2) is 48.8 Å². The van der Waals surface area contributed by atoms with Gasteiger partial charge in [0.2, 0.25) is 0 Å². The van der Waals surface area contributed by atoms with Crippen LogP contribution in [0.4, 0.5) is 0 Å². The molecule has 2 N–H and O–H groups in total. The third kappa shape index (κ3) is 2.96. The molecule has 6 nitrogen and oxygen atoms in total. The average molecular weight is 383 g/mol. The number of hydrogen-bond donors (Lipinski definition) is 2. The molecule has 0 bridgehead atoms. The summed E-state index contributed by atoms with van der Waals surface area (Å²) in [4.78, 5) is 12.0. The number of fused-ring (bicyclic) bond motifs is 3. The summed E-state index contributed by atoms with van der Waals surface area (Å²) in [5, 5.41) is 14.5. The van der Waals surface area contributed by atoms with Gasteiger partial charge in [-0.15, -0.1) is 0 Å². The van der Waals surface area contributed by atoms with Gasteiger partial charge >= 0.3 is 0 Å². The molecule has 1 fully saturated rings. The van der Waals surface area contributed by atoms with E-state index in [0.717, 1.165) is 59.0 Å². The van der Waals surface area contributed by atoms with Crippen molar-refractivity contribution in [2.45, 2.75) is 18.4 Å². The quantitative estimate of drug-likeness (QED) is 0.561. The Bertz CT molecular complexity index is 1230. The van der Waals surface area contributed by atoms with Crippen LogP contribution in [0.2, 0.25) is 0 Å². The molecule has 1 aromatic carbocycles. The number of hydrogen-bond acceptors (Lipinski definition) is 5. The molecule has 0 amide bonds. The fourth-order valence-electron chi connectivity index (χ4n) is 4.30. The molecule has 6 heteroatoms. The average Bonchev–Trinajstić information content (AvgIpc) is 3.16. The first-order chi connectivity index (χ1) is 14.2. The summed E-state index contributed by atoms with van der Waals surface area (Å²) in [5.41, 5.74) is 5.24. The molecule has 5 rings (SSSR count). The second-order valence-corrected chi connectivity index (χ2v) is 7.50. The van der Waals surface area contributed by atoms with Gasteiger partial charge in [0.1, 0.15) is 17.4 Å². The molecule has 1 aliphatic heterocycles. The van der Waals surface area contributed by atoms with Crippen LogP contribution in [-0.2, 0) is 10.3 Å². The Kier molecular flexibility index (Phi) is 4.27. The van der Waals surface area contributed by atoms with Gasteiger partial charge in [-0.3, -0.25) is 0 Å². The van der Waals surface area contributed by atoms with E-state index in [1.54, 1.807) is 13.3 Å². The molecule has 0 unspecified atom stereocenters. The van der Waals surface area contributed by atoms with Gasteiger partial charge in [-0.2, -0.15) is 5.26 Å². The number of ether oxygens (including phenoxy) is 1. The number of pyridine rings is 2. The molecule has 4 heterocycles. The number of nitrogens with one attached hydrogen (secondary N) is 2. The Balaban J connectivity index is 1.55. The predicted molar refractivity (Wildman–Crippen MR) is 112 cm³/mol. The summed E-state index contributed by atoms with van der Waals surface area (Å²) < 4.78 is 5.94. The van der Waals surface area contributed by atoms with Crippen LogP contribution in [0.25, 0.3) is 33.1 Å². The standard InChI is InChI=1S/C23H21N5O/c1-29-23(6-8-25-9-7-23)17-4-2-15(3-5-17)16-10-20-19-11-18(12-24)26-14-21(19)28-22(20)27-13-16/h2-5,10-11,13-14,25H,6-9H2,1H3,(H,27,28). The second kappa shape index (κ2) is 6.96. The van der Waals surface area contributed by atoms with Crippen LogP contribution in [0.5, 0.6) is 0 Å². The van der Waals surface area contributed by atoms with Gasteiger partial charge in [0.15, 0.2) is 0 Å². The number of aromatic nitrogens is 3. The number of nitrogens with zero attached hydrogens (tertiary/aromatic N) is 3. The first-order valence-electron chi connectivity index (χ1n) is 9.77. The van der Waals surface area contributed by atoms with E-state index in [1.165, 1.54) is 5.56 Å². The van der Waals surface area contributed by atoms with Crippen molar-refractivity contribution in [1.82, 2.24) is 20.3 Å². The van der Waals surface area contributed by atoms with E-state index in [1.807, 2.05) is 12.3 Å². The number of rotatable bonds is 3. The van der Waals surface area contributed by atoms with E-state index >= 15 is 0 Å². The van der Waals surface area contributed by atoms with Gasteiger partial charge in [0, 0.05) is 29.6 Å². The molecule has 29 heavy (non-hydrogen) atoms. The summed E-state index contributed by atoms with van der Waals surface area (Å²) >= 11 is 0. The van der Waals surface area contributed by atoms with Crippen molar-refractivity contribution in [3.05, 3.63) is 60.0 Å². The zero-order valence-electron chi connectivity index (χ0n) is 16.2. The summed E-state index contributed by atoms with van der Waals surface area (Å²) in [6.45, 7) is 1.94. The lowest BCUT2D eigenvalue weighted by Crippen LogP contribution is -2.41. The Hall–Kier alpha value is -3.27. The molecular formula is C23H21N5O. The fourth-order valence-corrected chi connectivity index (χ4v) is 4.30. The molecule has 1 aliphatic rings. The minimum atomic E-state index is -0.205. The Labute approximate surface area is 168 Å². The lowest BCUT2D eigenvalue weighted by atomic mass is 9.84. The molecule has 144 valence electrons. The lowest BCUT2D eigenvalue weighted by Gasteiger charge is -2.37. The minimum absolute atomic E-state index is 0.205. The molecule has 4 aromatic rings. The monoisotopic (exact) mass is 383 g/mol.